The van der Waals surface area contributed by atoms with Gasteiger partial charge < -0.3 is 10.5 Å². The second kappa shape index (κ2) is 4.82. The molecule has 0 atom stereocenters. The maximum absolute atomic E-state index is 12.6. The Morgan fingerprint density at radius 2 is 1.67 bits per heavy atom. The molecular formula is C15H21NO2. The molecule has 18 heavy (non-hydrogen) atoms. The van der Waals surface area contributed by atoms with Crippen molar-refractivity contribution in [2.45, 2.75) is 39.2 Å². The van der Waals surface area contributed by atoms with Gasteiger partial charge in [-0.2, -0.15) is 0 Å². The average Bonchev–Trinajstić information content (AvgIpc) is 2.34. The van der Waals surface area contributed by atoms with Crippen molar-refractivity contribution in [3.63, 3.8) is 0 Å². The first kappa shape index (κ1) is 13.2. The average molecular weight is 247 g/mol. The highest BCUT2D eigenvalue weighted by molar-refractivity contribution is 6.04. The summed E-state index contributed by atoms with van der Waals surface area (Å²) in [6.07, 6.45) is 1.22. The van der Waals surface area contributed by atoms with E-state index in [1.165, 1.54) is 5.56 Å². The second-order valence-corrected chi connectivity index (χ2v) is 5.35. The van der Waals surface area contributed by atoms with Gasteiger partial charge in [0.25, 0.3) is 0 Å². The second-order valence-electron chi connectivity index (χ2n) is 5.35. The van der Waals surface area contributed by atoms with Crippen LogP contribution in [0.25, 0.3) is 0 Å². The van der Waals surface area contributed by atoms with Crippen LogP contribution >= 0.6 is 0 Å². The number of carbonyl (C=O) groups is 1. The van der Waals surface area contributed by atoms with Crippen LogP contribution in [-0.4, -0.2) is 24.5 Å². The van der Waals surface area contributed by atoms with Crippen molar-refractivity contribution in [2.75, 3.05) is 13.2 Å². The third kappa shape index (κ3) is 2.33. The molecule has 1 saturated heterocycles. The van der Waals surface area contributed by atoms with Gasteiger partial charge in [0.05, 0.1) is 5.54 Å². The highest BCUT2D eigenvalue weighted by atomic mass is 16.5. The van der Waals surface area contributed by atoms with E-state index in [4.69, 9.17) is 10.5 Å². The van der Waals surface area contributed by atoms with Gasteiger partial charge in [-0.1, -0.05) is 6.07 Å². The number of hydrogen-bond donors (Lipinski definition) is 1. The molecule has 1 fully saturated rings. The molecule has 1 aromatic rings. The van der Waals surface area contributed by atoms with Gasteiger partial charge in [0.15, 0.2) is 5.78 Å². The Kier molecular flexibility index (Phi) is 3.55. The largest absolute Gasteiger partial charge is 0.381 e. The fourth-order valence-corrected chi connectivity index (χ4v) is 2.44. The number of hydrogen-bond acceptors (Lipinski definition) is 3. The molecule has 2 rings (SSSR count). The number of Topliss-reactive ketones (excluding diaryl/α,β-unsaturated/α-hetero) is 1. The van der Waals surface area contributed by atoms with Gasteiger partial charge >= 0.3 is 0 Å². The van der Waals surface area contributed by atoms with Crippen LogP contribution in [-0.2, 0) is 4.74 Å². The molecule has 0 aromatic heterocycles. The zero-order valence-corrected chi connectivity index (χ0v) is 11.4. The molecule has 1 aliphatic rings. The van der Waals surface area contributed by atoms with Gasteiger partial charge in [0.1, 0.15) is 0 Å². The number of nitrogens with two attached hydrogens (primary N) is 1. The van der Waals surface area contributed by atoms with Crippen LogP contribution in [0, 0.1) is 20.8 Å². The Balaban J connectivity index is 2.36. The Hall–Kier alpha value is -1.19. The van der Waals surface area contributed by atoms with E-state index in [0.717, 1.165) is 16.7 Å². The van der Waals surface area contributed by atoms with Crippen LogP contribution in [0.2, 0.25) is 0 Å². The van der Waals surface area contributed by atoms with Crippen molar-refractivity contribution in [1.29, 1.82) is 0 Å². The van der Waals surface area contributed by atoms with Crippen molar-refractivity contribution >= 4 is 5.78 Å². The van der Waals surface area contributed by atoms with E-state index in [1.54, 1.807) is 0 Å². The minimum Gasteiger partial charge on any atom is -0.381 e. The lowest BCUT2D eigenvalue weighted by atomic mass is 9.81. The summed E-state index contributed by atoms with van der Waals surface area (Å²) in [4.78, 5) is 12.6. The fraction of sp³-hybridized carbons (Fsp3) is 0.533. The molecule has 0 unspecified atom stereocenters. The molecule has 0 radical (unpaired) electrons. The smallest absolute Gasteiger partial charge is 0.183 e. The summed E-state index contributed by atoms with van der Waals surface area (Å²) in [5.41, 5.74) is 9.65. The van der Waals surface area contributed by atoms with Crippen molar-refractivity contribution < 1.29 is 9.53 Å². The summed E-state index contributed by atoms with van der Waals surface area (Å²) in [7, 11) is 0. The summed E-state index contributed by atoms with van der Waals surface area (Å²) in [6.45, 7) is 7.21. The van der Waals surface area contributed by atoms with E-state index in [9.17, 15) is 4.79 Å². The van der Waals surface area contributed by atoms with Crippen LogP contribution in [0.5, 0.6) is 0 Å². The molecule has 1 aromatic carbocycles. The zero-order valence-electron chi connectivity index (χ0n) is 11.4. The summed E-state index contributed by atoms with van der Waals surface area (Å²) in [5, 5.41) is 0. The standard InChI is InChI=1S/C15H21NO2/c1-10-8-12(3)13(9-11(10)2)14(17)15(16)4-6-18-7-5-15/h8-9H,4-7,16H2,1-3H3. The number of benzene rings is 1. The molecule has 0 saturated carbocycles. The molecule has 1 heterocycles. The maximum Gasteiger partial charge on any atom is 0.183 e. The minimum atomic E-state index is -0.745. The summed E-state index contributed by atoms with van der Waals surface area (Å²) >= 11 is 0. The van der Waals surface area contributed by atoms with Crippen LogP contribution < -0.4 is 5.73 Å². The molecule has 0 amide bonds. The van der Waals surface area contributed by atoms with Gasteiger partial charge in [-0.15, -0.1) is 0 Å². The molecular weight excluding hydrogens is 226 g/mol. The molecule has 3 heteroatoms. The highest BCUT2D eigenvalue weighted by Crippen LogP contribution is 2.25. The van der Waals surface area contributed by atoms with Crippen molar-refractivity contribution in [3.05, 3.63) is 34.4 Å². The minimum absolute atomic E-state index is 0.0615. The number of rotatable bonds is 2. The zero-order chi connectivity index (χ0) is 13.3. The molecule has 1 aliphatic heterocycles. The predicted octanol–water partition coefficient (Wildman–Crippen LogP) is 2.30. The molecule has 3 nitrogen and oxygen atoms in total. The molecule has 0 aliphatic carbocycles. The third-order valence-electron chi connectivity index (χ3n) is 3.92. The topological polar surface area (TPSA) is 52.3 Å². The SMILES string of the molecule is Cc1cc(C)c(C(=O)C2(N)CCOCC2)cc1C. The van der Waals surface area contributed by atoms with E-state index >= 15 is 0 Å². The number of aryl methyl sites for hydroxylation is 3. The summed E-state index contributed by atoms with van der Waals surface area (Å²) < 4.78 is 5.29. The Labute approximate surface area is 108 Å². The number of carbonyl (C=O) groups excluding carboxylic acids is 1. The van der Waals surface area contributed by atoms with Crippen molar-refractivity contribution in [2.24, 2.45) is 5.73 Å². The van der Waals surface area contributed by atoms with Gasteiger partial charge in [0.2, 0.25) is 0 Å². The lowest BCUT2D eigenvalue weighted by Gasteiger charge is -2.32. The lowest BCUT2D eigenvalue weighted by Crippen LogP contribution is -2.52. The van der Waals surface area contributed by atoms with Crippen LogP contribution in [0.4, 0.5) is 0 Å². The molecule has 0 spiro atoms. The fourth-order valence-electron chi connectivity index (χ4n) is 2.44. The highest BCUT2D eigenvalue weighted by Gasteiger charge is 2.37. The van der Waals surface area contributed by atoms with Gasteiger partial charge in [-0.3, -0.25) is 4.79 Å². The maximum atomic E-state index is 12.6. The first-order valence-corrected chi connectivity index (χ1v) is 6.43. The Bertz CT molecular complexity index is 474. The van der Waals surface area contributed by atoms with Crippen LogP contribution in [0.3, 0.4) is 0 Å². The molecule has 98 valence electrons. The van der Waals surface area contributed by atoms with Crippen LogP contribution in [0.1, 0.15) is 39.9 Å². The monoisotopic (exact) mass is 247 g/mol. The normalized spacial score (nSPS) is 18.7. The molecule has 0 bridgehead atoms. The van der Waals surface area contributed by atoms with E-state index in [0.29, 0.717) is 26.1 Å². The van der Waals surface area contributed by atoms with Crippen LogP contribution in [0.15, 0.2) is 12.1 Å². The summed E-state index contributed by atoms with van der Waals surface area (Å²) in [6, 6.07) is 4.03. The van der Waals surface area contributed by atoms with E-state index in [1.807, 2.05) is 19.9 Å². The lowest BCUT2D eigenvalue weighted by molar-refractivity contribution is 0.0447. The van der Waals surface area contributed by atoms with Gasteiger partial charge in [-0.05, 0) is 56.4 Å². The third-order valence-corrected chi connectivity index (χ3v) is 3.92. The molecule has 2 N–H and O–H groups in total. The van der Waals surface area contributed by atoms with E-state index in [2.05, 4.69) is 13.0 Å². The van der Waals surface area contributed by atoms with E-state index in [-0.39, 0.29) is 5.78 Å². The first-order valence-electron chi connectivity index (χ1n) is 6.43. The van der Waals surface area contributed by atoms with Crippen molar-refractivity contribution in [1.82, 2.24) is 0 Å². The predicted molar refractivity (Wildman–Crippen MR) is 72.0 cm³/mol. The summed E-state index contributed by atoms with van der Waals surface area (Å²) in [5.74, 6) is 0.0615. The quantitative estimate of drug-likeness (QED) is 0.816. The Morgan fingerprint density at radius 1 is 1.11 bits per heavy atom. The van der Waals surface area contributed by atoms with E-state index < -0.39 is 5.54 Å². The van der Waals surface area contributed by atoms with Crippen molar-refractivity contribution in [3.8, 4) is 0 Å². The number of ketones is 1. The Morgan fingerprint density at radius 3 is 2.28 bits per heavy atom. The van der Waals surface area contributed by atoms with Gasteiger partial charge in [0, 0.05) is 18.8 Å². The first-order chi connectivity index (χ1) is 8.44. The van der Waals surface area contributed by atoms with Gasteiger partial charge in [-0.25, -0.2) is 0 Å². The number of ether oxygens (including phenoxy) is 1.